The van der Waals surface area contributed by atoms with Crippen LogP contribution in [0, 0.1) is 0 Å². The van der Waals surface area contributed by atoms with Crippen LogP contribution in [0.3, 0.4) is 0 Å². The monoisotopic (exact) mass is 325 g/mol. The van der Waals surface area contributed by atoms with Crippen LogP contribution in [0.5, 0.6) is 11.5 Å². The van der Waals surface area contributed by atoms with Gasteiger partial charge in [-0.2, -0.15) is 0 Å². The van der Waals surface area contributed by atoms with Crippen LogP contribution >= 0.6 is 0 Å². The second-order valence-electron chi connectivity index (χ2n) is 5.14. The van der Waals surface area contributed by atoms with Crippen molar-refractivity contribution in [3.05, 3.63) is 65.2 Å². The van der Waals surface area contributed by atoms with Crippen LogP contribution in [0.25, 0.3) is 6.08 Å². The molecule has 4 N–H and O–H groups in total. The summed E-state index contributed by atoms with van der Waals surface area (Å²) in [4.78, 5) is 3.99. The number of ether oxygens (including phenoxy) is 2. The van der Waals surface area contributed by atoms with E-state index in [9.17, 15) is 0 Å². The summed E-state index contributed by atoms with van der Waals surface area (Å²) >= 11 is 0. The van der Waals surface area contributed by atoms with Crippen molar-refractivity contribution in [2.45, 2.75) is 6.61 Å². The van der Waals surface area contributed by atoms with Gasteiger partial charge in [0, 0.05) is 19.2 Å². The van der Waals surface area contributed by atoms with Crippen LogP contribution < -0.4 is 20.9 Å². The molecule has 5 heteroatoms. The molecule has 0 atom stereocenters. The third kappa shape index (κ3) is 4.60. The average Bonchev–Trinajstić information content (AvgIpc) is 2.64. The maximum absolute atomic E-state index is 5.90. The summed E-state index contributed by atoms with van der Waals surface area (Å²) in [5.74, 6) is 1.75. The maximum Gasteiger partial charge on any atom is 0.162 e. The first-order valence-corrected chi connectivity index (χ1v) is 7.67. The van der Waals surface area contributed by atoms with Crippen LogP contribution in [-0.4, -0.2) is 26.5 Å². The summed E-state index contributed by atoms with van der Waals surface area (Å²) in [6, 6.07) is 13.6. The van der Waals surface area contributed by atoms with Gasteiger partial charge < -0.3 is 20.9 Å². The van der Waals surface area contributed by atoms with Gasteiger partial charge in [0.1, 0.15) is 12.4 Å². The molecular formula is C19H23N3O2. The predicted molar refractivity (Wildman–Crippen MR) is 98.5 cm³/mol. The molecule has 0 heterocycles. The number of hydrogen-bond acceptors (Lipinski definition) is 4. The molecule has 0 radical (unpaired) electrons. The molecule has 0 aliphatic carbocycles. The molecule has 2 aromatic rings. The van der Waals surface area contributed by atoms with Gasteiger partial charge in [0.15, 0.2) is 11.5 Å². The molecule has 0 saturated carbocycles. The van der Waals surface area contributed by atoms with E-state index < -0.39 is 0 Å². The van der Waals surface area contributed by atoms with Crippen LogP contribution in [0.4, 0.5) is 0 Å². The smallest absolute Gasteiger partial charge is 0.162 e. The maximum atomic E-state index is 5.90. The van der Waals surface area contributed by atoms with Crippen molar-refractivity contribution in [1.82, 2.24) is 0 Å². The fourth-order valence-corrected chi connectivity index (χ4v) is 2.17. The Morgan fingerprint density at radius 2 is 1.88 bits per heavy atom. The lowest BCUT2D eigenvalue weighted by Crippen LogP contribution is -2.13. The standard InChI is InChI=1S/C19H23N3O2/c1-22-19(21)16-9-10-17(23-2)18(12-16)24-13-15-7-5-14(6-8-15)4-3-11-20/h3-10,12H,11,13,20H2,1-2H3,(H2,21,22)/b4-3+. The van der Waals surface area contributed by atoms with E-state index in [1.807, 2.05) is 54.6 Å². The van der Waals surface area contributed by atoms with E-state index in [2.05, 4.69) is 4.99 Å². The molecule has 2 aromatic carbocycles. The van der Waals surface area contributed by atoms with Gasteiger partial charge in [-0.05, 0) is 29.3 Å². The zero-order valence-corrected chi connectivity index (χ0v) is 14.0. The quantitative estimate of drug-likeness (QED) is 0.605. The van der Waals surface area contributed by atoms with Crippen molar-refractivity contribution in [1.29, 1.82) is 0 Å². The van der Waals surface area contributed by atoms with E-state index in [0.717, 1.165) is 16.7 Å². The van der Waals surface area contributed by atoms with Crippen LogP contribution in [0.2, 0.25) is 0 Å². The summed E-state index contributed by atoms with van der Waals surface area (Å²) in [5, 5.41) is 0. The molecule has 0 aliphatic heterocycles. The second kappa shape index (κ2) is 8.74. The molecular weight excluding hydrogens is 302 g/mol. The molecule has 0 aromatic heterocycles. The normalized spacial score (nSPS) is 11.7. The zero-order valence-electron chi connectivity index (χ0n) is 14.0. The molecule has 0 saturated heterocycles. The Bertz CT molecular complexity index is 722. The number of nitrogens with two attached hydrogens (primary N) is 2. The number of nitrogens with zero attached hydrogens (tertiary/aromatic N) is 1. The Morgan fingerprint density at radius 3 is 2.50 bits per heavy atom. The number of aliphatic imine (C=N–C) groups is 1. The van der Waals surface area contributed by atoms with Gasteiger partial charge in [0.2, 0.25) is 0 Å². The lowest BCUT2D eigenvalue weighted by Gasteiger charge is -2.12. The third-order valence-electron chi connectivity index (χ3n) is 3.52. The molecule has 24 heavy (non-hydrogen) atoms. The van der Waals surface area contributed by atoms with Crippen LogP contribution in [0.15, 0.2) is 53.5 Å². The van der Waals surface area contributed by atoms with Crippen LogP contribution in [0.1, 0.15) is 16.7 Å². The lowest BCUT2D eigenvalue weighted by molar-refractivity contribution is 0.284. The fourth-order valence-electron chi connectivity index (χ4n) is 2.17. The highest BCUT2D eigenvalue weighted by Crippen LogP contribution is 2.28. The van der Waals surface area contributed by atoms with Gasteiger partial charge in [-0.15, -0.1) is 0 Å². The number of rotatable bonds is 7. The van der Waals surface area contributed by atoms with Crippen molar-refractivity contribution in [3.63, 3.8) is 0 Å². The van der Waals surface area contributed by atoms with Gasteiger partial charge >= 0.3 is 0 Å². The summed E-state index contributed by atoms with van der Waals surface area (Å²) in [5.41, 5.74) is 14.3. The molecule has 2 rings (SSSR count). The van der Waals surface area contributed by atoms with Gasteiger partial charge in [0.05, 0.1) is 7.11 Å². The Balaban J connectivity index is 2.11. The first-order valence-electron chi connectivity index (χ1n) is 7.67. The second-order valence-corrected chi connectivity index (χ2v) is 5.14. The van der Waals surface area contributed by atoms with Crippen molar-refractivity contribution < 1.29 is 9.47 Å². The van der Waals surface area contributed by atoms with Gasteiger partial charge in [0.25, 0.3) is 0 Å². The first kappa shape index (κ1) is 17.6. The van der Waals surface area contributed by atoms with Gasteiger partial charge in [-0.3, -0.25) is 4.99 Å². The van der Waals surface area contributed by atoms with Gasteiger partial charge in [-0.25, -0.2) is 0 Å². The number of hydrogen-bond donors (Lipinski definition) is 2. The molecule has 0 aliphatic rings. The average molecular weight is 325 g/mol. The minimum Gasteiger partial charge on any atom is -0.493 e. The minimum atomic E-state index is 0.434. The van der Waals surface area contributed by atoms with E-state index in [-0.39, 0.29) is 0 Å². The minimum absolute atomic E-state index is 0.434. The summed E-state index contributed by atoms with van der Waals surface area (Å²) in [6.07, 6.45) is 3.91. The molecule has 0 spiro atoms. The largest absolute Gasteiger partial charge is 0.493 e. The number of methoxy groups -OCH3 is 1. The molecule has 5 nitrogen and oxygen atoms in total. The van der Waals surface area contributed by atoms with Crippen molar-refractivity contribution in [2.24, 2.45) is 16.5 Å². The summed E-state index contributed by atoms with van der Waals surface area (Å²) in [7, 11) is 3.26. The van der Waals surface area contributed by atoms with E-state index in [4.69, 9.17) is 20.9 Å². The Morgan fingerprint density at radius 1 is 1.12 bits per heavy atom. The zero-order chi connectivity index (χ0) is 17.4. The first-order chi connectivity index (χ1) is 11.7. The molecule has 0 fully saturated rings. The highest BCUT2D eigenvalue weighted by atomic mass is 16.5. The molecule has 126 valence electrons. The van der Waals surface area contributed by atoms with E-state index >= 15 is 0 Å². The van der Waals surface area contributed by atoms with Crippen molar-refractivity contribution in [2.75, 3.05) is 20.7 Å². The topological polar surface area (TPSA) is 82.9 Å². The molecule has 0 bridgehead atoms. The predicted octanol–water partition coefficient (Wildman–Crippen LogP) is 2.58. The van der Waals surface area contributed by atoms with Crippen molar-refractivity contribution >= 4 is 11.9 Å². The highest BCUT2D eigenvalue weighted by molar-refractivity contribution is 5.97. The van der Waals surface area contributed by atoms with Crippen LogP contribution in [-0.2, 0) is 6.61 Å². The Kier molecular flexibility index (Phi) is 6.40. The number of benzene rings is 2. The van der Waals surface area contributed by atoms with E-state index in [1.165, 1.54) is 0 Å². The Hall–Kier alpha value is -2.79. The van der Waals surface area contributed by atoms with Gasteiger partial charge in [-0.1, -0.05) is 36.4 Å². The molecule has 0 unspecified atom stereocenters. The fraction of sp³-hybridized carbons (Fsp3) is 0.211. The number of amidine groups is 1. The van der Waals surface area contributed by atoms with Crippen molar-refractivity contribution in [3.8, 4) is 11.5 Å². The van der Waals surface area contributed by atoms with E-state index in [0.29, 0.717) is 30.5 Å². The highest BCUT2D eigenvalue weighted by Gasteiger charge is 2.08. The lowest BCUT2D eigenvalue weighted by atomic mass is 10.1. The molecule has 0 amide bonds. The summed E-state index contributed by atoms with van der Waals surface area (Å²) in [6.45, 7) is 0.967. The van der Waals surface area contributed by atoms with E-state index in [1.54, 1.807) is 14.2 Å². The summed E-state index contributed by atoms with van der Waals surface area (Å²) < 4.78 is 11.2. The third-order valence-corrected chi connectivity index (χ3v) is 3.52. The SMILES string of the molecule is CN=C(N)c1ccc(OC)c(OCc2ccc(/C=C/CN)cc2)c1. The Labute approximate surface area is 142 Å².